The van der Waals surface area contributed by atoms with Crippen molar-refractivity contribution in [2.75, 3.05) is 6.79 Å². The van der Waals surface area contributed by atoms with Crippen molar-refractivity contribution in [1.29, 1.82) is 0 Å². The van der Waals surface area contributed by atoms with Crippen LogP contribution in [-0.4, -0.2) is 11.9 Å². The van der Waals surface area contributed by atoms with E-state index in [1.54, 1.807) is 0 Å². The van der Waals surface area contributed by atoms with Gasteiger partial charge >= 0.3 is 0 Å². The molecule has 0 amide bonds. The molecule has 14 heavy (non-hydrogen) atoms. The number of allylic oxidation sites excluding steroid dienone is 1. The number of fused-ring (bicyclic) bond motifs is 1. The highest BCUT2D eigenvalue weighted by Gasteiger charge is 2.15. The third kappa shape index (κ3) is 1.46. The normalized spacial score (nSPS) is 13.9. The Morgan fingerprint density at radius 3 is 2.71 bits per heavy atom. The fourth-order valence-electron chi connectivity index (χ4n) is 1.47. The lowest BCUT2D eigenvalue weighted by atomic mass is 10.1. The maximum absolute atomic E-state index is 9.15. The Morgan fingerprint density at radius 2 is 2.07 bits per heavy atom. The summed E-state index contributed by atoms with van der Waals surface area (Å²) in [6, 6.07) is 3.70. The summed E-state index contributed by atoms with van der Waals surface area (Å²) in [6.07, 6.45) is 3.87. The quantitative estimate of drug-likeness (QED) is 0.778. The molecular weight excluding hydrogens is 180 g/mol. The molecule has 0 bridgehead atoms. The average molecular weight is 192 g/mol. The molecule has 0 aromatic heterocycles. The molecule has 0 radical (unpaired) electrons. The molecule has 1 aliphatic rings. The number of hydrogen-bond acceptors (Lipinski definition) is 3. The van der Waals surface area contributed by atoms with Crippen molar-refractivity contribution in [2.45, 2.75) is 13.5 Å². The van der Waals surface area contributed by atoms with Crippen LogP contribution >= 0.6 is 0 Å². The Morgan fingerprint density at radius 1 is 1.36 bits per heavy atom. The van der Waals surface area contributed by atoms with E-state index in [2.05, 4.69) is 0 Å². The molecule has 2 rings (SSSR count). The van der Waals surface area contributed by atoms with E-state index >= 15 is 0 Å². The van der Waals surface area contributed by atoms with Gasteiger partial charge in [0.2, 0.25) is 6.79 Å². The van der Waals surface area contributed by atoms with E-state index in [0.29, 0.717) is 5.75 Å². The second kappa shape index (κ2) is 3.72. The summed E-state index contributed by atoms with van der Waals surface area (Å²) >= 11 is 0. The van der Waals surface area contributed by atoms with Gasteiger partial charge in [-0.1, -0.05) is 12.2 Å². The standard InChI is InChI=1S/C11H12O3/c1-2-3-8-4-10-11(14-7-13-10)5-9(8)6-12/h2-5,12H,6-7H2,1H3. The Labute approximate surface area is 82.6 Å². The van der Waals surface area contributed by atoms with Gasteiger partial charge in [0.25, 0.3) is 0 Å². The van der Waals surface area contributed by atoms with Gasteiger partial charge in [0, 0.05) is 0 Å². The maximum atomic E-state index is 9.15. The first-order valence-electron chi connectivity index (χ1n) is 4.51. The van der Waals surface area contributed by atoms with E-state index in [0.717, 1.165) is 16.9 Å². The molecule has 74 valence electrons. The molecule has 1 N–H and O–H groups in total. The van der Waals surface area contributed by atoms with Crippen molar-refractivity contribution in [3.8, 4) is 11.5 Å². The minimum Gasteiger partial charge on any atom is -0.454 e. The number of rotatable bonds is 2. The van der Waals surface area contributed by atoms with Crippen LogP contribution < -0.4 is 9.47 Å². The van der Waals surface area contributed by atoms with Gasteiger partial charge in [-0.3, -0.25) is 0 Å². The Balaban J connectivity index is 2.48. The Bertz CT molecular complexity index is 369. The average Bonchev–Trinajstić information content (AvgIpc) is 2.64. The van der Waals surface area contributed by atoms with Crippen LogP contribution in [0, 0.1) is 0 Å². The van der Waals surface area contributed by atoms with Crippen LogP contribution in [0.1, 0.15) is 18.1 Å². The first-order chi connectivity index (χ1) is 6.85. The van der Waals surface area contributed by atoms with Crippen molar-refractivity contribution < 1.29 is 14.6 Å². The molecule has 0 aliphatic carbocycles. The van der Waals surface area contributed by atoms with Crippen LogP contribution in [-0.2, 0) is 6.61 Å². The Kier molecular flexibility index (Phi) is 2.41. The van der Waals surface area contributed by atoms with E-state index in [-0.39, 0.29) is 13.4 Å². The number of aliphatic hydroxyl groups is 1. The molecule has 3 heteroatoms. The van der Waals surface area contributed by atoms with Crippen LogP contribution in [0.3, 0.4) is 0 Å². The number of hydrogen-bond donors (Lipinski definition) is 1. The molecule has 1 aromatic rings. The van der Waals surface area contributed by atoms with Gasteiger partial charge in [0.15, 0.2) is 11.5 Å². The highest BCUT2D eigenvalue weighted by atomic mass is 16.7. The van der Waals surface area contributed by atoms with Gasteiger partial charge in [-0.05, 0) is 30.2 Å². The molecule has 1 aromatic carbocycles. The minimum absolute atomic E-state index is 0.0102. The van der Waals surface area contributed by atoms with E-state index < -0.39 is 0 Å². The number of ether oxygens (including phenoxy) is 2. The first-order valence-corrected chi connectivity index (χ1v) is 4.51. The van der Waals surface area contributed by atoms with Crippen molar-refractivity contribution >= 4 is 6.08 Å². The predicted molar refractivity (Wildman–Crippen MR) is 53.2 cm³/mol. The molecule has 0 saturated carbocycles. The summed E-state index contributed by atoms with van der Waals surface area (Å²) in [7, 11) is 0. The molecule has 1 aliphatic heterocycles. The summed E-state index contributed by atoms with van der Waals surface area (Å²) in [4.78, 5) is 0. The van der Waals surface area contributed by atoms with Gasteiger partial charge in [0.1, 0.15) is 0 Å². The summed E-state index contributed by atoms with van der Waals surface area (Å²) in [5.41, 5.74) is 1.83. The van der Waals surface area contributed by atoms with Crippen LogP contribution in [0.4, 0.5) is 0 Å². The number of benzene rings is 1. The maximum Gasteiger partial charge on any atom is 0.231 e. The SMILES string of the molecule is CC=Cc1cc2c(cc1CO)OCO2. The van der Waals surface area contributed by atoms with Gasteiger partial charge in [-0.25, -0.2) is 0 Å². The van der Waals surface area contributed by atoms with Gasteiger partial charge in [0.05, 0.1) is 6.61 Å². The van der Waals surface area contributed by atoms with E-state index in [9.17, 15) is 0 Å². The van der Waals surface area contributed by atoms with Crippen LogP contribution in [0.25, 0.3) is 6.08 Å². The molecule has 1 heterocycles. The third-order valence-electron chi connectivity index (χ3n) is 2.15. The highest BCUT2D eigenvalue weighted by molar-refractivity contribution is 5.60. The highest BCUT2D eigenvalue weighted by Crippen LogP contribution is 2.35. The summed E-state index contributed by atoms with van der Waals surface area (Å²) in [6.45, 7) is 2.21. The van der Waals surface area contributed by atoms with E-state index in [1.807, 2.05) is 31.2 Å². The lowest BCUT2D eigenvalue weighted by Gasteiger charge is -2.04. The van der Waals surface area contributed by atoms with Gasteiger partial charge < -0.3 is 14.6 Å². The zero-order chi connectivity index (χ0) is 9.97. The molecule has 0 spiro atoms. The predicted octanol–water partition coefficient (Wildman–Crippen LogP) is 1.94. The summed E-state index contributed by atoms with van der Waals surface area (Å²) < 4.78 is 10.5. The molecule has 0 atom stereocenters. The van der Waals surface area contributed by atoms with Gasteiger partial charge in [-0.2, -0.15) is 0 Å². The largest absolute Gasteiger partial charge is 0.454 e. The third-order valence-corrected chi connectivity index (χ3v) is 2.15. The van der Waals surface area contributed by atoms with Crippen LogP contribution in [0.5, 0.6) is 11.5 Å². The van der Waals surface area contributed by atoms with Crippen molar-refractivity contribution in [1.82, 2.24) is 0 Å². The monoisotopic (exact) mass is 192 g/mol. The molecule has 3 nitrogen and oxygen atoms in total. The van der Waals surface area contributed by atoms with Gasteiger partial charge in [-0.15, -0.1) is 0 Å². The summed E-state index contributed by atoms with van der Waals surface area (Å²) in [5, 5.41) is 9.15. The Hall–Kier alpha value is -1.48. The van der Waals surface area contributed by atoms with E-state index in [4.69, 9.17) is 14.6 Å². The minimum atomic E-state index is 0.0102. The first kappa shape index (κ1) is 9.09. The van der Waals surface area contributed by atoms with E-state index in [1.165, 1.54) is 0 Å². The molecule has 0 unspecified atom stereocenters. The number of aliphatic hydroxyl groups excluding tert-OH is 1. The second-order valence-electron chi connectivity index (χ2n) is 3.06. The fraction of sp³-hybridized carbons (Fsp3) is 0.273. The van der Waals surface area contributed by atoms with Crippen molar-refractivity contribution in [2.24, 2.45) is 0 Å². The summed E-state index contributed by atoms with van der Waals surface area (Å²) in [5.74, 6) is 1.46. The van der Waals surface area contributed by atoms with Crippen molar-refractivity contribution in [3.05, 3.63) is 29.3 Å². The van der Waals surface area contributed by atoms with Crippen molar-refractivity contribution in [3.63, 3.8) is 0 Å². The lowest BCUT2D eigenvalue weighted by Crippen LogP contribution is -1.92. The van der Waals surface area contributed by atoms with Crippen LogP contribution in [0.15, 0.2) is 18.2 Å². The zero-order valence-electron chi connectivity index (χ0n) is 7.99. The molecular formula is C11H12O3. The topological polar surface area (TPSA) is 38.7 Å². The van der Waals surface area contributed by atoms with Crippen LogP contribution in [0.2, 0.25) is 0 Å². The molecule has 0 saturated heterocycles. The second-order valence-corrected chi connectivity index (χ2v) is 3.06. The smallest absolute Gasteiger partial charge is 0.231 e. The fourth-order valence-corrected chi connectivity index (χ4v) is 1.47. The lowest BCUT2D eigenvalue weighted by molar-refractivity contribution is 0.174. The zero-order valence-corrected chi connectivity index (χ0v) is 7.99. The molecule has 0 fully saturated rings.